The summed E-state index contributed by atoms with van der Waals surface area (Å²) in [5.41, 5.74) is 3.42. The number of amides is 1. The zero-order chi connectivity index (χ0) is 28.2. The normalized spacial score (nSPS) is 13.0. The maximum absolute atomic E-state index is 13.4. The molecule has 10 heteroatoms. The Balaban J connectivity index is 1.70. The number of sulfonamides is 1. The van der Waals surface area contributed by atoms with Gasteiger partial charge in [-0.2, -0.15) is 0 Å². The number of anilines is 2. The highest BCUT2D eigenvalue weighted by Crippen LogP contribution is 2.31. The topological polar surface area (TPSA) is 117 Å². The zero-order valence-electron chi connectivity index (χ0n) is 22.2. The number of ether oxygens (including phenoxy) is 1. The van der Waals surface area contributed by atoms with Crippen LogP contribution in [-0.2, 0) is 19.6 Å². The SMILES string of the molecule is CCOC(=O)C1=C(CC)Nc2ccccc2N=C1NC(=O)c1cccc(S(=O)(=O)N(C)c2ccc(C)cc2)c1. The summed E-state index contributed by atoms with van der Waals surface area (Å²) >= 11 is 0. The van der Waals surface area contributed by atoms with Crippen molar-refractivity contribution in [2.24, 2.45) is 4.99 Å². The minimum absolute atomic E-state index is 0.0118. The van der Waals surface area contributed by atoms with Crippen molar-refractivity contribution in [3.8, 4) is 0 Å². The Labute approximate surface area is 228 Å². The lowest BCUT2D eigenvalue weighted by atomic mass is 10.1. The fourth-order valence-corrected chi connectivity index (χ4v) is 5.27. The molecular weight excluding hydrogens is 516 g/mol. The van der Waals surface area contributed by atoms with Crippen molar-refractivity contribution in [1.82, 2.24) is 5.32 Å². The van der Waals surface area contributed by atoms with Gasteiger partial charge in [-0.05, 0) is 62.7 Å². The molecule has 1 heterocycles. The molecule has 3 aromatic rings. The number of aliphatic imine (C=N–C) groups is 1. The lowest BCUT2D eigenvalue weighted by Gasteiger charge is -2.20. The molecule has 0 aliphatic carbocycles. The Morgan fingerprint density at radius 3 is 2.41 bits per heavy atom. The highest BCUT2D eigenvalue weighted by atomic mass is 32.2. The van der Waals surface area contributed by atoms with Crippen LogP contribution in [0.3, 0.4) is 0 Å². The van der Waals surface area contributed by atoms with Gasteiger partial charge in [0.15, 0.2) is 0 Å². The standard InChI is InChI=1S/C29H30N4O5S/c1-5-23-26(29(35)38-6-2)27(31-25-13-8-7-12-24(25)30-23)32-28(34)20-10-9-11-22(18-20)39(36,37)33(4)21-16-14-19(3)15-17-21/h7-18,30H,5-6H2,1-4H3,(H,31,32,34). The van der Waals surface area contributed by atoms with E-state index in [9.17, 15) is 18.0 Å². The molecule has 0 radical (unpaired) electrons. The van der Waals surface area contributed by atoms with E-state index in [0.29, 0.717) is 29.2 Å². The van der Waals surface area contributed by atoms with Crippen molar-refractivity contribution in [3.63, 3.8) is 0 Å². The van der Waals surface area contributed by atoms with Crippen LogP contribution in [-0.4, -0.2) is 39.8 Å². The summed E-state index contributed by atoms with van der Waals surface area (Å²) in [5.74, 6) is -1.25. The minimum atomic E-state index is -3.95. The molecule has 39 heavy (non-hydrogen) atoms. The van der Waals surface area contributed by atoms with E-state index >= 15 is 0 Å². The third-order valence-corrected chi connectivity index (χ3v) is 7.96. The maximum Gasteiger partial charge on any atom is 0.343 e. The molecule has 0 saturated carbocycles. The molecule has 1 aliphatic rings. The van der Waals surface area contributed by atoms with Crippen molar-refractivity contribution in [1.29, 1.82) is 0 Å². The molecule has 0 spiro atoms. The molecule has 0 unspecified atom stereocenters. The average molecular weight is 547 g/mol. The van der Waals surface area contributed by atoms with Gasteiger partial charge in [0.2, 0.25) is 0 Å². The highest BCUT2D eigenvalue weighted by Gasteiger charge is 2.28. The number of hydrogen-bond acceptors (Lipinski definition) is 7. The fraction of sp³-hybridized carbons (Fsp3) is 0.207. The summed E-state index contributed by atoms with van der Waals surface area (Å²) in [4.78, 5) is 30.9. The van der Waals surface area contributed by atoms with Gasteiger partial charge in [0.25, 0.3) is 15.9 Å². The second kappa shape index (κ2) is 11.5. The van der Waals surface area contributed by atoms with Crippen LogP contribution in [0.4, 0.5) is 17.1 Å². The van der Waals surface area contributed by atoms with Gasteiger partial charge in [0.1, 0.15) is 11.4 Å². The molecule has 3 aromatic carbocycles. The van der Waals surface area contributed by atoms with Crippen LogP contribution in [0.25, 0.3) is 0 Å². The van der Waals surface area contributed by atoms with Gasteiger partial charge in [0.05, 0.1) is 28.6 Å². The highest BCUT2D eigenvalue weighted by molar-refractivity contribution is 7.92. The molecule has 202 valence electrons. The van der Waals surface area contributed by atoms with Crippen LogP contribution >= 0.6 is 0 Å². The Morgan fingerprint density at radius 1 is 1.00 bits per heavy atom. The fourth-order valence-electron chi connectivity index (χ4n) is 4.03. The Kier molecular flexibility index (Phi) is 8.15. The van der Waals surface area contributed by atoms with Crippen molar-refractivity contribution < 1.29 is 22.7 Å². The zero-order valence-corrected chi connectivity index (χ0v) is 23.0. The summed E-state index contributed by atoms with van der Waals surface area (Å²) in [6, 6.07) is 20.0. The molecule has 1 amide bonds. The monoisotopic (exact) mass is 546 g/mol. The molecule has 4 rings (SSSR count). The van der Waals surface area contributed by atoms with Gasteiger partial charge in [-0.25, -0.2) is 18.2 Å². The summed E-state index contributed by atoms with van der Waals surface area (Å²) in [5, 5.41) is 5.95. The van der Waals surface area contributed by atoms with E-state index in [4.69, 9.17) is 4.74 Å². The van der Waals surface area contributed by atoms with Gasteiger partial charge in [-0.15, -0.1) is 0 Å². The smallest absolute Gasteiger partial charge is 0.343 e. The second-order valence-corrected chi connectivity index (χ2v) is 10.8. The number of rotatable bonds is 7. The molecule has 1 aliphatic heterocycles. The molecule has 0 bridgehead atoms. The molecular formula is C29H30N4O5S. The molecule has 0 atom stereocenters. The van der Waals surface area contributed by atoms with Gasteiger partial charge in [-0.3, -0.25) is 9.10 Å². The van der Waals surface area contributed by atoms with Crippen LogP contribution in [0, 0.1) is 6.92 Å². The summed E-state index contributed by atoms with van der Waals surface area (Å²) < 4.78 is 33.1. The van der Waals surface area contributed by atoms with E-state index in [1.807, 2.05) is 38.1 Å². The predicted molar refractivity (Wildman–Crippen MR) is 152 cm³/mol. The number of nitrogens with zero attached hydrogens (tertiary/aromatic N) is 2. The van der Waals surface area contributed by atoms with Gasteiger partial charge >= 0.3 is 5.97 Å². The molecule has 2 N–H and O–H groups in total. The number of fused-ring (bicyclic) bond motifs is 1. The molecule has 0 aromatic heterocycles. The first-order valence-electron chi connectivity index (χ1n) is 12.5. The summed E-state index contributed by atoms with van der Waals surface area (Å²) in [6.45, 7) is 5.62. The van der Waals surface area contributed by atoms with Crippen LogP contribution in [0.1, 0.15) is 36.2 Å². The number of amidine groups is 1. The Bertz CT molecular complexity index is 1580. The molecule has 0 fully saturated rings. The number of benzene rings is 3. The second-order valence-electron chi connectivity index (χ2n) is 8.82. The minimum Gasteiger partial charge on any atom is -0.462 e. The van der Waals surface area contributed by atoms with E-state index < -0.39 is 21.9 Å². The first-order valence-corrected chi connectivity index (χ1v) is 13.9. The van der Waals surface area contributed by atoms with Gasteiger partial charge in [0, 0.05) is 18.3 Å². The number of para-hydroxylation sites is 2. The average Bonchev–Trinajstić information content (AvgIpc) is 3.09. The van der Waals surface area contributed by atoms with Gasteiger partial charge < -0.3 is 15.4 Å². The first kappa shape index (κ1) is 27.6. The van der Waals surface area contributed by atoms with E-state index in [0.717, 1.165) is 9.87 Å². The number of nitrogens with one attached hydrogen (secondary N) is 2. The van der Waals surface area contributed by atoms with E-state index in [1.54, 1.807) is 31.2 Å². The lowest BCUT2D eigenvalue weighted by molar-refractivity contribution is -0.137. The van der Waals surface area contributed by atoms with E-state index in [1.165, 1.54) is 31.3 Å². The first-order chi connectivity index (χ1) is 18.6. The third-order valence-electron chi connectivity index (χ3n) is 6.18. The van der Waals surface area contributed by atoms with E-state index in [2.05, 4.69) is 15.6 Å². The van der Waals surface area contributed by atoms with Crippen LogP contribution < -0.4 is 14.9 Å². The summed E-state index contributed by atoms with van der Waals surface area (Å²) in [6.07, 6.45) is 0.441. The third kappa shape index (κ3) is 5.85. The van der Waals surface area contributed by atoms with E-state index in [-0.39, 0.29) is 28.5 Å². The number of carbonyl (C=O) groups is 2. The Hall–Kier alpha value is -4.44. The number of carbonyl (C=O) groups excluding carboxylic acids is 2. The van der Waals surface area contributed by atoms with Crippen molar-refractivity contribution in [2.45, 2.75) is 32.1 Å². The molecule has 0 saturated heterocycles. The van der Waals surface area contributed by atoms with Crippen LogP contribution in [0.15, 0.2) is 94.0 Å². The van der Waals surface area contributed by atoms with Crippen molar-refractivity contribution in [3.05, 3.63) is 95.2 Å². The largest absolute Gasteiger partial charge is 0.462 e. The lowest BCUT2D eigenvalue weighted by Crippen LogP contribution is -2.36. The maximum atomic E-state index is 13.4. The number of aryl methyl sites for hydroxylation is 1. The molecule has 9 nitrogen and oxygen atoms in total. The van der Waals surface area contributed by atoms with Crippen molar-refractivity contribution >= 4 is 44.8 Å². The number of esters is 1. The van der Waals surface area contributed by atoms with Crippen molar-refractivity contribution in [2.75, 3.05) is 23.3 Å². The number of hydrogen-bond donors (Lipinski definition) is 2. The predicted octanol–water partition coefficient (Wildman–Crippen LogP) is 4.93. The van der Waals surface area contributed by atoms with Gasteiger partial charge in [-0.1, -0.05) is 42.8 Å². The number of allylic oxidation sites excluding steroid dienone is 1. The van der Waals surface area contributed by atoms with Crippen LogP contribution in [0.5, 0.6) is 0 Å². The van der Waals surface area contributed by atoms with Crippen LogP contribution in [0.2, 0.25) is 0 Å². The Morgan fingerprint density at radius 2 is 1.72 bits per heavy atom. The summed E-state index contributed by atoms with van der Waals surface area (Å²) in [7, 11) is -2.50. The quantitative estimate of drug-likeness (QED) is 0.406.